The maximum absolute atomic E-state index is 14.0. The van der Waals surface area contributed by atoms with Crippen LogP contribution in [0, 0.1) is 11.6 Å². The van der Waals surface area contributed by atoms with Gasteiger partial charge < -0.3 is 29.9 Å². The van der Waals surface area contributed by atoms with E-state index in [4.69, 9.17) is 4.74 Å². The van der Waals surface area contributed by atoms with Crippen LogP contribution in [0.4, 0.5) is 8.78 Å². The lowest BCUT2D eigenvalue weighted by Crippen LogP contribution is -2.44. The highest BCUT2D eigenvalue weighted by Gasteiger charge is 2.44. The number of aromatic hydroxyl groups is 1. The molecule has 0 spiro atoms. The minimum absolute atomic E-state index is 0.0369. The summed E-state index contributed by atoms with van der Waals surface area (Å²) in [4.78, 5) is 40.8. The summed E-state index contributed by atoms with van der Waals surface area (Å²) >= 11 is 0. The first-order valence-electron chi connectivity index (χ1n) is 11.0. The molecule has 2 atom stereocenters. The van der Waals surface area contributed by atoms with Crippen LogP contribution in [-0.4, -0.2) is 59.7 Å². The van der Waals surface area contributed by atoms with Crippen molar-refractivity contribution in [3.05, 3.63) is 62.6 Å². The van der Waals surface area contributed by atoms with Gasteiger partial charge in [-0.25, -0.2) is 8.78 Å². The van der Waals surface area contributed by atoms with Crippen molar-refractivity contribution in [1.82, 2.24) is 20.1 Å². The lowest BCUT2D eigenvalue weighted by molar-refractivity contribution is 0.0674. The molecule has 0 saturated heterocycles. The van der Waals surface area contributed by atoms with Crippen LogP contribution in [0.3, 0.4) is 0 Å². The number of aromatic nitrogens is 1. The number of carbonyl (C=O) groups is 2. The second-order valence-electron chi connectivity index (χ2n) is 8.31. The Hall–Kier alpha value is -3.31. The number of methoxy groups -OCH3 is 1. The number of nitrogens with one attached hydrogen (secondary N) is 2. The zero-order valence-electron chi connectivity index (χ0n) is 18.9. The predicted molar refractivity (Wildman–Crippen MR) is 118 cm³/mol. The van der Waals surface area contributed by atoms with Crippen molar-refractivity contribution in [3.63, 3.8) is 0 Å². The smallest absolute Gasteiger partial charge is 0.274 e. The van der Waals surface area contributed by atoms with E-state index in [0.29, 0.717) is 44.4 Å². The number of pyridine rings is 1. The molecule has 0 bridgehead atoms. The Morgan fingerprint density at radius 3 is 2.74 bits per heavy atom. The molecule has 0 aliphatic carbocycles. The van der Waals surface area contributed by atoms with Crippen LogP contribution in [0.5, 0.6) is 5.75 Å². The van der Waals surface area contributed by atoms with E-state index in [9.17, 15) is 28.3 Å². The highest BCUT2D eigenvalue weighted by atomic mass is 19.1. The van der Waals surface area contributed by atoms with Gasteiger partial charge in [0.05, 0.1) is 24.4 Å². The Bertz CT molecular complexity index is 1200. The first kappa shape index (κ1) is 23.8. The van der Waals surface area contributed by atoms with Crippen molar-refractivity contribution < 1.29 is 28.2 Å². The fourth-order valence-electron chi connectivity index (χ4n) is 4.69. The predicted octanol–water partition coefficient (Wildman–Crippen LogP) is 1.46. The van der Waals surface area contributed by atoms with E-state index in [1.807, 2.05) is 6.92 Å². The Morgan fingerprint density at radius 2 is 2.06 bits per heavy atom. The summed E-state index contributed by atoms with van der Waals surface area (Å²) in [5.74, 6) is -3.67. The van der Waals surface area contributed by atoms with Crippen LogP contribution < -0.4 is 16.1 Å². The van der Waals surface area contributed by atoms with Gasteiger partial charge in [-0.05, 0) is 19.4 Å². The van der Waals surface area contributed by atoms with Crippen molar-refractivity contribution in [2.24, 2.45) is 0 Å². The second kappa shape index (κ2) is 9.51. The van der Waals surface area contributed by atoms with Gasteiger partial charge in [0.1, 0.15) is 17.2 Å². The van der Waals surface area contributed by atoms with E-state index >= 15 is 0 Å². The van der Waals surface area contributed by atoms with Gasteiger partial charge in [0, 0.05) is 44.9 Å². The van der Waals surface area contributed by atoms with Crippen molar-refractivity contribution in [2.75, 3.05) is 33.4 Å². The highest BCUT2D eigenvalue weighted by molar-refractivity contribution is 6.00. The number of nitrogens with zero attached hydrogens (tertiary/aromatic N) is 2. The summed E-state index contributed by atoms with van der Waals surface area (Å²) in [6, 6.07) is 2.28. The molecule has 3 N–H and O–H groups in total. The average Bonchev–Trinajstić information content (AvgIpc) is 3.15. The molecule has 1 aromatic heterocycles. The molecule has 2 amide bonds. The SMILES string of the molecule is CCN1C[C@H]2C[C@H](NCCOC)c3c(C(=O)NCc4ccc(F)cc4F)c(=O)c(O)c(n32)C1=O. The molecule has 2 aromatic rings. The number of hydrogen-bond acceptors (Lipinski definition) is 6. The molecule has 2 aliphatic rings. The van der Waals surface area contributed by atoms with E-state index in [-0.39, 0.29) is 29.4 Å². The zero-order valence-corrected chi connectivity index (χ0v) is 18.9. The third-order valence-corrected chi connectivity index (χ3v) is 6.31. The summed E-state index contributed by atoms with van der Waals surface area (Å²) in [7, 11) is 1.55. The van der Waals surface area contributed by atoms with Crippen LogP contribution in [0.15, 0.2) is 23.0 Å². The van der Waals surface area contributed by atoms with Gasteiger partial charge in [0.2, 0.25) is 5.43 Å². The van der Waals surface area contributed by atoms with Crippen LogP contribution in [0.2, 0.25) is 0 Å². The van der Waals surface area contributed by atoms with Gasteiger partial charge in [0.15, 0.2) is 11.4 Å². The topological polar surface area (TPSA) is 113 Å². The maximum atomic E-state index is 14.0. The fraction of sp³-hybridized carbons (Fsp3) is 0.435. The molecule has 0 saturated carbocycles. The molecule has 0 fully saturated rings. The fourth-order valence-corrected chi connectivity index (χ4v) is 4.69. The normalized spacial score (nSPS) is 18.8. The number of hydrogen-bond donors (Lipinski definition) is 3. The number of amides is 2. The van der Waals surface area contributed by atoms with Gasteiger partial charge in [-0.2, -0.15) is 0 Å². The Labute approximate surface area is 194 Å². The zero-order chi connectivity index (χ0) is 24.6. The molecule has 0 radical (unpaired) electrons. The summed E-state index contributed by atoms with van der Waals surface area (Å²) in [6.45, 7) is 3.13. The van der Waals surface area contributed by atoms with Gasteiger partial charge in [-0.15, -0.1) is 0 Å². The van der Waals surface area contributed by atoms with Crippen molar-refractivity contribution >= 4 is 11.8 Å². The third-order valence-electron chi connectivity index (χ3n) is 6.31. The van der Waals surface area contributed by atoms with Gasteiger partial charge in [-0.3, -0.25) is 14.4 Å². The van der Waals surface area contributed by atoms with E-state index in [2.05, 4.69) is 10.6 Å². The number of carbonyl (C=O) groups excluding carboxylic acids is 2. The number of ether oxygens (including phenoxy) is 1. The van der Waals surface area contributed by atoms with Gasteiger partial charge in [-0.1, -0.05) is 6.07 Å². The number of benzene rings is 1. The average molecular weight is 476 g/mol. The number of likely N-dealkylation sites (N-methyl/N-ethyl adjacent to an activating group) is 1. The van der Waals surface area contributed by atoms with Crippen molar-refractivity contribution in [1.29, 1.82) is 0 Å². The first-order chi connectivity index (χ1) is 16.3. The van der Waals surface area contributed by atoms with Crippen LogP contribution in [0.25, 0.3) is 0 Å². The Morgan fingerprint density at radius 1 is 1.29 bits per heavy atom. The monoisotopic (exact) mass is 476 g/mol. The summed E-state index contributed by atoms with van der Waals surface area (Å²) in [6.07, 6.45) is 0.496. The first-order valence-corrected chi connectivity index (χ1v) is 11.0. The third kappa shape index (κ3) is 4.05. The molecule has 182 valence electrons. The lowest BCUT2D eigenvalue weighted by atomic mass is 10.0. The molecular formula is C23H26F2N4O5. The maximum Gasteiger partial charge on any atom is 0.274 e. The van der Waals surface area contributed by atoms with Gasteiger partial charge in [0.25, 0.3) is 11.8 Å². The molecule has 3 heterocycles. The van der Waals surface area contributed by atoms with E-state index in [0.717, 1.165) is 6.07 Å². The van der Waals surface area contributed by atoms with E-state index in [1.54, 1.807) is 16.6 Å². The quantitative estimate of drug-likeness (QED) is 0.498. The summed E-state index contributed by atoms with van der Waals surface area (Å²) in [5, 5.41) is 16.4. The van der Waals surface area contributed by atoms with E-state index in [1.165, 1.54) is 6.07 Å². The molecule has 1 aromatic carbocycles. The standard InChI is InChI=1S/C23H26F2N4O5/c1-3-28-11-14-9-16(26-6-7-34-2)18-17(20(30)21(31)19(23(28)33)29(14)18)22(32)27-10-12-4-5-13(24)8-15(12)25/h4-5,8,14,16,26,31H,3,6-7,9-11H2,1-2H3,(H,27,32)/t14-,16+/m1/s1. The molecule has 0 unspecified atom stereocenters. The highest BCUT2D eigenvalue weighted by Crippen LogP contribution is 2.42. The molecule has 9 nitrogen and oxygen atoms in total. The molecule has 4 rings (SSSR count). The minimum atomic E-state index is -0.969. The largest absolute Gasteiger partial charge is 0.503 e. The number of rotatable bonds is 8. The van der Waals surface area contributed by atoms with Crippen LogP contribution in [0.1, 0.15) is 57.5 Å². The number of halogens is 2. The van der Waals surface area contributed by atoms with Crippen LogP contribution in [-0.2, 0) is 11.3 Å². The molecular weight excluding hydrogens is 450 g/mol. The van der Waals surface area contributed by atoms with E-state index < -0.39 is 40.7 Å². The summed E-state index contributed by atoms with van der Waals surface area (Å²) < 4.78 is 33.9. The minimum Gasteiger partial charge on any atom is -0.503 e. The summed E-state index contributed by atoms with van der Waals surface area (Å²) in [5.41, 5.74) is -1.06. The van der Waals surface area contributed by atoms with Crippen LogP contribution >= 0.6 is 0 Å². The van der Waals surface area contributed by atoms with Gasteiger partial charge >= 0.3 is 0 Å². The Balaban J connectivity index is 1.76. The Kier molecular flexibility index (Phi) is 6.67. The lowest BCUT2D eigenvalue weighted by Gasteiger charge is -2.33. The van der Waals surface area contributed by atoms with Crippen molar-refractivity contribution in [2.45, 2.75) is 32.0 Å². The molecule has 11 heteroatoms. The second-order valence-corrected chi connectivity index (χ2v) is 8.31. The molecule has 2 aliphatic heterocycles. The van der Waals surface area contributed by atoms with Crippen molar-refractivity contribution in [3.8, 4) is 5.75 Å². The molecule has 34 heavy (non-hydrogen) atoms.